The molecular weight excluding hydrogens is 622 g/mol. The van der Waals surface area contributed by atoms with Gasteiger partial charge in [-0.2, -0.15) is 11.8 Å². The fraction of sp³-hybridized carbons (Fsp3) is 0.419. The zero-order chi connectivity index (χ0) is 32.9. The van der Waals surface area contributed by atoms with Gasteiger partial charge in [-0.1, -0.05) is 55.8 Å². The minimum Gasteiger partial charge on any atom is -0.343 e. The van der Waals surface area contributed by atoms with Crippen molar-refractivity contribution in [1.29, 1.82) is 0 Å². The van der Waals surface area contributed by atoms with Crippen molar-refractivity contribution >= 4 is 64.7 Å². The summed E-state index contributed by atoms with van der Waals surface area (Å²) in [6.07, 6.45) is 2.24. The van der Waals surface area contributed by atoms with Crippen LogP contribution in [0.3, 0.4) is 0 Å². The number of rotatable bonds is 15. The van der Waals surface area contributed by atoms with Gasteiger partial charge in [-0.25, -0.2) is 9.59 Å². The number of benzene rings is 2. The largest absolute Gasteiger partial charge is 0.355 e. The van der Waals surface area contributed by atoms with E-state index in [1.807, 2.05) is 20.1 Å². The lowest BCUT2D eigenvalue weighted by atomic mass is 10.0. The molecule has 0 bridgehead atoms. The van der Waals surface area contributed by atoms with E-state index in [0.29, 0.717) is 27.1 Å². The van der Waals surface area contributed by atoms with Crippen molar-refractivity contribution in [3.8, 4) is 0 Å². The lowest BCUT2D eigenvalue weighted by Gasteiger charge is -2.26. The molecule has 2 aromatic rings. The van der Waals surface area contributed by atoms with Gasteiger partial charge in [-0.3, -0.25) is 19.2 Å². The molecule has 14 heteroatoms. The highest BCUT2D eigenvalue weighted by atomic mass is 35.5. The maximum atomic E-state index is 13.6. The molecule has 3 atom stereocenters. The summed E-state index contributed by atoms with van der Waals surface area (Å²) >= 11 is 7.40. The molecule has 0 aromatic heterocycles. The molecule has 1 aliphatic heterocycles. The summed E-state index contributed by atoms with van der Waals surface area (Å²) in [7, 11) is 0. The number of hydroxylamine groups is 2. The number of nitrogens with zero attached hydrogens (tertiary/aromatic N) is 1. The van der Waals surface area contributed by atoms with Gasteiger partial charge in [-0.15, -0.1) is 5.06 Å². The maximum Gasteiger partial charge on any atom is 0.355 e. The zero-order valence-electron chi connectivity index (χ0n) is 25.3. The molecule has 45 heavy (non-hydrogen) atoms. The molecule has 0 radical (unpaired) electrons. The number of carbonyl (C=O) groups excluding carboxylic acids is 6. The number of nitrogens with one attached hydrogen (secondary N) is 4. The summed E-state index contributed by atoms with van der Waals surface area (Å²) in [5.41, 5.74) is 1.17. The van der Waals surface area contributed by atoms with Crippen molar-refractivity contribution in [2.24, 2.45) is 5.92 Å². The van der Waals surface area contributed by atoms with Crippen molar-refractivity contribution in [3.63, 3.8) is 0 Å². The monoisotopic (exact) mass is 659 g/mol. The number of amides is 6. The Morgan fingerprint density at radius 3 is 2.07 bits per heavy atom. The maximum absolute atomic E-state index is 13.6. The number of hydrogen-bond donors (Lipinski definition) is 4. The van der Waals surface area contributed by atoms with E-state index in [4.69, 9.17) is 16.4 Å². The first-order valence-electron chi connectivity index (χ1n) is 14.5. The first-order valence-corrected chi connectivity index (χ1v) is 16.3. The molecule has 0 saturated carbocycles. The highest BCUT2D eigenvalue weighted by Crippen LogP contribution is 2.16. The quantitative estimate of drug-likeness (QED) is 0.211. The van der Waals surface area contributed by atoms with Crippen LogP contribution in [0.1, 0.15) is 45.1 Å². The Balaban J connectivity index is 1.75. The van der Waals surface area contributed by atoms with Crippen LogP contribution in [0.25, 0.3) is 0 Å². The third-order valence-corrected chi connectivity index (χ3v) is 7.64. The van der Waals surface area contributed by atoms with Crippen LogP contribution >= 0.6 is 23.4 Å². The molecule has 0 spiro atoms. The van der Waals surface area contributed by atoms with Crippen LogP contribution < -0.4 is 21.3 Å². The first-order chi connectivity index (χ1) is 21.5. The minimum atomic E-state index is -1.27. The average Bonchev–Trinajstić information content (AvgIpc) is 3.32. The topological polar surface area (TPSA) is 163 Å². The Morgan fingerprint density at radius 2 is 1.47 bits per heavy atom. The number of imide groups is 1. The number of thioether (sulfide) groups is 1. The van der Waals surface area contributed by atoms with Crippen LogP contribution in [0.2, 0.25) is 5.02 Å². The second kappa shape index (κ2) is 17.4. The summed E-state index contributed by atoms with van der Waals surface area (Å²) in [5, 5.41) is 11.6. The first kappa shape index (κ1) is 35.4. The lowest BCUT2D eigenvalue weighted by Crippen LogP contribution is -2.57. The third-order valence-electron chi connectivity index (χ3n) is 6.75. The highest BCUT2D eigenvalue weighted by Gasteiger charge is 2.36. The Morgan fingerprint density at radius 1 is 0.867 bits per heavy atom. The Labute approximate surface area is 271 Å². The summed E-state index contributed by atoms with van der Waals surface area (Å²) in [6, 6.07) is 11.4. The molecule has 1 saturated heterocycles. The van der Waals surface area contributed by atoms with Gasteiger partial charge >= 0.3 is 12.0 Å². The Hall–Kier alpha value is -4.10. The van der Waals surface area contributed by atoms with Crippen LogP contribution in [-0.2, 0) is 35.2 Å². The van der Waals surface area contributed by atoms with E-state index in [-0.39, 0.29) is 38.0 Å². The zero-order valence-corrected chi connectivity index (χ0v) is 26.9. The van der Waals surface area contributed by atoms with E-state index in [1.165, 1.54) is 11.8 Å². The van der Waals surface area contributed by atoms with E-state index in [1.54, 1.807) is 54.6 Å². The van der Waals surface area contributed by atoms with Crippen molar-refractivity contribution in [1.82, 2.24) is 21.0 Å². The van der Waals surface area contributed by atoms with Gasteiger partial charge in [0.25, 0.3) is 11.8 Å². The molecule has 1 fully saturated rings. The number of halogens is 1. The van der Waals surface area contributed by atoms with Gasteiger partial charge < -0.3 is 26.1 Å². The molecule has 242 valence electrons. The third kappa shape index (κ3) is 11.4. The summed E-state index contributed by atoms with van der Waals surface area (Å²) in [6.45, 7) is 3.74. The van der Waals surface area contributed by atoms with E-state index in [9.17, 15) is 28.8 Å². The number of carbonyl (C=O) groups is 6. The lowest BCUT2D eigenvalue weighted by molar-refractivity contribution is -0.199. The van der Waals surface area contributed by atoms with E-state index >= 15 is 0 Å². The minimum absolute atomic E-state index is 0.00670. The molecule has 3 rings (SSSR count). The molecule has 1 heterocycles. The number of urea groups is 1. The molecule has 2 aromatic carbocycles. The molecule has 0 aliphatic carbocycles. The number of anilines is 1. The smallest absolute Gasteiger partial charge is 0.343 e. The average molecular weight is 660 g/mol. The van der Waals surface area contributed by atoms with Crippen molar-refractivity contribution in [2.45, 2.75) is 64.1 Å². The van der Waals surface area contributed by atoms with Crippen LogP contribution in [0, 0.1) is 5.92 Å². The Bertz CT molecular complexity index is 1340. The predicted octanol–water partition coefficient (Wildman–Crippen LogP) is 3.45. The second-order valence-electron chi connectivity index (χ2n) is 10.9. The standard InChI is InChI=1S/C31H38ClN5O7S/c1-19(2)17-24(34-28(40)23(15-16-45-3)36-31(43)33-22-11-9-21(32)10-12-22)29(41)35-25(18-20-7-5-4-6-8-20)30(42)44-37-26(38)13-14-27(37)39/h4-12,19,23-25H,13-18H2,1-3H3,(H,34,40)(H,35,41)(H2,33,36,43)/t23-,24-,25-/m0/s1. The SMILES string of the molecule is CSCC[C@H](NC(=O)Nc1ccc(Cl)cc1)C(=O)N[C@@H](CC(C)C)C(=O)N[C@@H](Cc1ccccc1)C(=O)ON1C(=O)CCC1=O. The molecule has 12 nitrogen and oxygen atoms in total. The van der Waals surface area contributed by atoms with Crippen LogP contribution in [0.5, 0.6) is 0 Å². The molecule has 1 aliphatic rings. The molecular formula is C31H38ClN5O7S. The normalized spacial score (nSPS) is 14.8. The fourth-order valence-electron chi connectivity index (χ4n) is 4.47. The predicted molar refractivity (Wildman–Crippen MR) is 171 cm³/mol. The van der Waals surface area contributed by atoms with Crippen molar-refractivity contribution in [2.75, 3.05) is 17.3 Å². The van der Waals surface area contributed by atoms with Gasteiger partial charge in [0.1, 0.15) is 18.1 Å². The highest BCUT2D eigenvalue weighted by molar-refractivity contribution is 7.98. The van der Waals surface area contributed by atoms with Gasteiger partial charge in [0.15, 0.2) is 0 Å². The van der Waals surface area contributed by atoms with E-state index < -0.39 is 53.8 Å². The van der Waals surface area contributed by atoms with E-state index in [2.05, 4.69) is 21.3 Å². The van der Waals surface area contributed by atoms with Crippen molar-refractivity contribution < 1.29 is 33.6 Å². The Kier molecular flexibility index (Phi) is 13.7. The fourth-order valence-corrected chi connectivity index (χ4v) is 5.06. The van der Waals surface area contributed by atoms with Crippen LogP contribution in [0.4, 0.5) is 10.5 Å². The van der Waals surface area contributed by atoms with Crippen LogP contribution in [0.15, 0.2) is 54.6 Å². The van der Waals surface area contributed by atoms with Gasteiger partial charge in [-0.05, 0) is 60.6 Å². The number of hydrogen-bond acceptors (Lipinski definition) is 8. The van der Waals surface area contributed by atoms with Gasteiger partial charge in [0, 0.05) is 30.0 Å². The summed E-state index contributed by atoms with van der Waals surface area (Å²) in [5.74, 6) is -3.01. The molecule has 6 amide bonds. The molecule has 0 unspecified atom stereocenters. The van der Waals surface area contributed by atoms with Crippen LogP contribution in [-0.4, -0.2) is 70.8 Å². The summed E-state index contributed by atoms with van der Waals surface area (Å²) in [4.78, 5) is 82.2. The van der Waals surface area contributed by atoms with Crippen molar-refractivity contribution in [3.05, 3.63) is 65.2 Å². The van der Waals surface area contributed by atoms with Gasteiger partial charge in [0.05, 0.1) is 0 Å². The summed E-state index contributed by atoms with van der Waals surface area (Å²) < 4.78 is 0. The molecule has 4 N–H and O–H groups in total. The second-order valence-corrected chi connectivity index (χ2v) is 12.3. The van der Waals surface area contributed by atoms with Gasteiger partial charge in [0.2, 0.25) is 11.8 Å². The van der Waals surface area contributed by atoms with E-state index in [0.717, 1.165) is 0 Å².